The lowest BCUT2D eigenvalue weighted by Crippen LogP contribution is -2.30. The number of phosphoric acid groups is 2. The Hall–Kier alpha value is -1.94. The van der Waals surface area contributed by atoms with Crippen LogP contribution in [0.15, 0.2) is 0 Å². The number of ether oxygens (including phenoxy) is 4. The summed E-state index contributed by atoms with van der Waals surface area (Å²) in [6.45, 7) is 4.88. The van der Waals surface area contributed by atoms with E-state index < -0.39 is 97.5 Å². The van der Waals surface area contributed by atoms with Crippen molar-refractivity contribution in [3.8, 4) is 0 Å². The van der Waals surface area contributed by atoms with Gasteiger partial charge in [-0.1, -0.05) is 297 Å². The first-order valence-electron chi connectivity index (χ1n) is 35.3. The van der Waals surface area contributed by atoms with Crippen molar-refractivity contribution in [1.29, 1.82) is 0 Å². The lowest BCUT2D eigenvalue weighted by Gasteiger charge is -2.21. The molecule has 3 N–H and O–H groups in total. The number of aliphatic hydroxyl groups excluding tert-OH is 1. The van der Waals surface area contributed by atoms with Crippen LogP contribution in [-0.2, 0) is 65.4 Å². The average molecular weight is 1270 g/mol. The van der Waals surface area contributed by atoms with E-state index in [1.165, 1.54) is 167 Å². The van der Waals surface area contributed by atoms with Gasteiger partial charge in [-0.2, -0.15) is 0 Å². The maximum atomic E-state index is 13.0. The molecule has 510 valence electrons. The molecular weight excluding hydrogens is 1140 g/mol. The fourth-order valence-electron chi connectivity index (χ4n) is 10.2. The van der Waals surface area contributed by atoms with Crippen molar-refractivity contribution in [3.05, 3.63) is 0 Å². The van der Waals surface area contributed by atoms with Gasteiger partial charge in [0.15, 0.2) is 12.2 Å². The summed E-state index contributed by atoms with van der Waals surface area (Å²) in [5.74, 6) is -2.13. The Kier molecular flexibility index (Phi) is 60.5. The number of aliphatic hydroxyl groups is 1. The van der Waals surface area contributed by atoms with E-state index in [9.17, 15) is 43.2 Å². The second-order valence-corrected chi connectivity index (χ2v) is 27.1. The molecule has 0 aliphatic rings. The zero-order chi connectivity index (χ0) is 63.3. The predicted octanol–water partition coefficient (Wildman–Crippen LogP) is 19.1. The van der Waals surface area contributed by atoms with Crippen LogP contribution in [0.4, 0.5) is 0 Å². The van der Waals surface area contributed by atoms with Crippen LogP contribution < -0.4 is 0 Å². The van der Waals surface area contributed by atoms with Crippen LogP contribution in [-0.4, -0.2) is 96.7 Å². The van der Waals surface area contributed by atoms with Crippen LogP contribution in [0, 0.1) is 0 Å². The minimum Gasteiger partial charge on any atom is -0.462 e. The van der Waals surface area contributed by atoms with Gasteiger partial charge in [-0.15, -0.1) is 0 Å². The van der Waals surface area contributed by atoms with E-state index >= 15 is 0 Å². The average Bonchev–Trinajstić information content (AvgIpc) is 3.71. The molecule has 17 nitrogen and oxygen atoms in total. The quantitative estimate of drug-likeness (QED) is 0.0222. The molecule has 5 atom stereocenters. The van der Waals surface area contributed by atoms with E-state index in [1.807, 2.05) is 0 Å². The molecule has 0 aromatic heterocycles. The van der Waals surface area contributed by atoms with Crippen molar-refractivity contribution >= 4 is 39.5 Å². The summed E-state index contributed by atoms with van der Waals surface area (Å²) in [6.07, 6.45) is 48.6. The summed E-state index contributed by atoms with van der Waals surface area (Å²) < 4.78 is 68.0. The maximum Gasteiger partial charge on any atom is 0.472 e. The molecular formula is C67H130O17P2. The maximum absolute atomic E-state index is 13.0. The topological polar surface area (TPSA) is 237 Å². The molecule has 0 aromatic carbocycles. The normalized spacial score (nSPS) is 14.1. The van der Waals surface area contributed by atoms with Crippen LogP contribution in [0.3, 0.4) is 0 Å². The Balaban J connectivity index is 5.19. The second-order valence-electron chi connectivity index (χ2n) is 24.2. The molecule has 0 spiro atoms. The number of rotatable bonds is 68. The van der Waals surface area contributed by atoms with Crippen LogP contribution in [0.2, 0.25) is 0 Å². The zero-order valence-electron chi connectivity index (χ0n) is 55.3. The van der Waals surface area contributed by atoms with Gasteiger partial charge < -0.3 is 33.8 Å². The number of phosphoric ester groups is 2. The molecule has 86 heavy (non-hydrogen) atoms. The smallest absolute Gasteiger partial charge is 0.462 e. The van der Waals surface area contributed by atoms with Crippen molar-refractivity contribution in [2.45, 2.75) is 367 Å². The molecule has 0 saturated carbocycles. The van der Waals surface area contributed by atoms with Gasteiger partial charge in [-0.25, -0.2) is 9.13 Å². The fraction of sp³-hybridized carbons (Fsp3) is 0.940. The first-order chi connectivity index (χ1) is 41.7. The molecule has 0 amide bonds. The fourth-order valence-corrected chi connectivity index (χ4v) is 11.7. The van der Waals surface area contributed by atoms with Crippen molar-refractivity contribution in [1.82, 2.24) is 0 Å². The molecule has 0 aromatic rings. The Morgan fingerprint density at radius 2 is 0.465 bits per heavy atom. The highest BCUT2D eigenvalue weighted by Crippen LogP contribution is 2.45. The van der Waals surface area contributed by atoms with E-state index in [1.54, 1.807) is 0 Å². The van der Waals surface area contributed by atoms with Crippen LogP contribution in [0.5, 0.6) is 0 Å². The standard InChI is InChI=1S/C67H130O17P2/c1-5-9-13-17-21-24-27-29-30-32-35-38-42-46-50-54-67(72)84-63(58-78-65(70)52-48-44-41-37-34-31-28-25-22-18-14-10-6-2)60-82-86(75,76)80-56-61(68)55-79-85(73,74)81-59-62(83-66(71)53-49-45-39-20-16-12-8-4)57-77-64(69)51-47-43-40-36-33-26-23-19-15-11-7-3/h61-63,68H,5-60H2,1-4H3,(H,73,74)(H,75,76)/t61-,62+,63+/m0/s1. The summed E-state index contributed by atoms with van der Waals surface area (Å²) in [7, 11) is -9.88. The molecule has 0 radical (unpaired) electrons. The zero-order valence-corrected chi connectivity index (χ0v) is 57.1. The summed E-state index contributed by atoms with van der Waals surface area (Å²) in [5, 5.41) is 10.5. The monoisotopic (exact) mass is 1270 g/mol. The molecule has 0 aliphatic heterocycles. The minimum atomic E-state index is -4.95. The Labute approximate surface area is 524 Å². The van der Waals surface area contributed by atoms with Gasteiger partial charge in [0.1, 0.15) is 19.3 Å². The van der Waals surface area contributed by atoms with Gasteiger partial charge in [0.05, 0.1) is 26.4 Å². The number of carbonyl (C=O) groups is 4. The SMILES string of the molecule is CCCCCCCCCCCCCCCCCC(=O)O[C@H](COC(=O)CCCCCCCCCCCCCCC)COP(=O)(O)OC[C@@H](O)COP(=O)(O)OC[C@@H](COC(=O)CCCCCCCCCCCCC)OC(=O)CCCCCCCCC. The molecule has 0 heterocycles. The van der Waals surface area contributed by atoms with Gasteiger partial charge in [0, 0.05) is 25.7 Å². The first-order valence-corrected chi connectivity index (χ1v) is 38.3. The largest absolute Gasteiger partial charge is 0.472 e. The summed E-state index contributed by atoms with van der Waals surface area (Å²) >= 11 is 0. The Morgan fingerprint density at radius 1 is 0.279 bits per heavy atom. The van der Waals surface area contributed by atoms with E-state index in [0.717, 1.165) is 103 Å². The Morgan fingerprint density at radius 3 is 0.686 bits per heavy atom. The summed E-state index contributed by atoms with van der Waals surface area (Å²) in [4.78, 5) is 72.3. The van der Waals surface area contributed by atoms with Crippen molar-refractivity contribution in [3.63, 3.8) is 0 Å². The molecule has 0 saturated heterocycles. The van der Waals surface area contributed by atoms with Crippen LogP contribution >= 0.6 is 15.6 Å². The number of unbranched alkanes of at least 4 members (excludes halogenated alkanes) is 42. The number of hydrogen-bond acceptors (Lipinski definition) is 15. The minimum absolute atomic E-state index is 0.104. The molecule has 19 heteroatoms. The highest BCUT2D eigenvalue weighted by molar-refractivity contribution is 7.47. The summed E-state index contributed by atoms with van der Waals surface area (Å²) in [5.41, 5.74) is 0. The molecule has 0 rings (SSSR count). The predicted molar refractivity (Wildman–Crippen MR) is 345 cm³/mol. The number of esters is 4. The van der Waals surface area contributed by atoms with Gasteiger partial charge in [-0.05, 0) is 25.7 Å². The summed E-state index contributed by atoms with van der Waals surface area (Å²) in [6, 6.07) is 0. The third kappa shape index (κ3) is 60.9. The van der Waals surface area contributed by atoms with Gasteiger partial charge in [0.25, 0.3) is 0 Å². The molecule has 0 fully saturated rings. The van der Waals surface area contributed by atoms with Gasteiger partial charge >= 0.3 is 39.5 Å². The first kappa shape index (κ1) is 84.1. The van der Waals surface area contributed by atoms with E-state index in [4.69, 9.17) is 37.0 Å². The lowest BCUT2D eigenvalue weighted by molar-refractivity contribution is -0.161. The molecule has 2 unspecified atom stereocenters. The van der Waals surface area contributed by atoms with Crippen molar-refractivity contribution < 1.29 is 80.2 Å². The van der Waals surface area contributed by atoms with Crippen LogP contribution in [0.1, 0.15) is 349 Å². The van der Waals surface area contributed by atoms with Gasteiger partial charge in [-0.3, -0.25) is 37.3 Å². The highest BCUT2D eigenvalue weighted by atomic mass is 31.2. The number of carbonyl (C=O) groups excluding carboxylic acids is 4. The Bertz CT molecular complexity index is 1650. The van der Waals surface area contributed by atoms with Gasteiger partial charge in [0.2, 0.25) is 0 Å². The molecule has 0 aliphatic carbocycles. The van der Waals surface area contributed by atoms with Crippen molar-refractivity contribution in [2.24, 2.45) is 0 Å². The van der Waals surface area contributed by atoms with Crippen molar-refractivity contribution in [2.75, 3.05) is 39.6 Å². The third-order valence-electron chi connectivity index (χ3n) is 15.6. The van der Waals surface area contributed by atoms with E-state index in [2.05, 4.69) is 27.7 Å². The number of hydrogen-bond donors (Lipinski definition) is 3. The molecule has 0 bridgehead atoms. The van der Waals surface area contributed by atoms with E-state index in [-0.39, 0.29) is 25.7 Å². The van der Waals surface area contributed by atoms with E-state index in [0.29, 0.717) is 25.7 Å². The second kappa shape index (κ2) is 61.9. The third-order valence-corrected chi connectivity index (χ3v) is 17.5. The highest BCUT2D eigenvalue weighted by Gasteiger charge is 2.30. The van der Waals surface area contributed by atoms with Crippen LogP contribution in [0.25, 0.3) is 0 Å². The lowest BCUT2D eigenvalue weighted by atomic mass is 10.0.